The van der Waals surface area contributed by atoms with Crippen molar-refractivity contribution >= 4 is 15.9 Å². The molecule has 0 unspecified atom stereocenters. The molecule has 0 aliphatic heterocycles. The van der Waals surface area contributed by atoms with Crippen LogP contribution in [0, 0.1) is 0 Å². The number of carbonyl (C=O) groups excluding carboxylic acids is 1. The van der Waals surface area contributed by atoms with E-state index in [1.165, 1.54) is 16.4 Å². The SMILES string of the molecule is CCOc1ccc(S(=O)(=O)N(CC(=O)N[C@H](C)CC)Cc2ccccc2)cc1. The Morgan fingerprint density at radius 1 is 1.07 bits per heavy atom. The number of rotatable bonds is 10. The monoisotopic (exact) mass is 404 g/mol. The lowest BCUT2D eigenvalue weighted by Crippen LogP contribution is -2.43. The van der Waals surface area contributed by atoms with E-state index < -0.39 is 10.0 Å². The predicted octanol–water partition coefficient (Wildman–Crippen LogP) is 3.19. The van der Waals surface area contributed by atoms with Crippen LogP contribution >= 0.6 is 0 Å². The molecule has 152 valence electrons. The molecule has 2 rings (SSSR count). The van der Waals surface area contributed by atoms with E-state index in [1.54, 1.807) is 12.1 Å². The van der Waals surface area contributed by atoms with Crippen LogP contribution in [0.4, 0.5) is 0 Å². The first kappa shape index (κ1) is 21.9. The minimum absolute atomic E-state index is 0.0146. The van der Waals surface area contributed by atoms with Crippen LogP contribution in [-0.4, -0.2) is 37.8 Å². The van der Waals surface area contributed by atoms with Gasteiger partial charge in [0.05, 0.1) is 18.0 Å². The molecule has 0 aliphatic rings. The molecule has 0 bridgehead atoms. The van der Waals surface area contributed by atoms with Crippen LogP contribution in [0.1, 0.15) is 32.8 Å². The Kier molecular flexibility index (Phi) is 8.02. The van der Waals surface area contributed by atoms with Crippen molar-refractivity contribution in [2.24, 2.45) is 0 Å². The normalized spacial score (nSPS) is 12.6. The molecular weight excluding hydrogens is 376 g/mol. The molecule has 6 nitrogen and oxygen atoms in total. The molecule has 2 aromatic carbocycles. The highest BCUT2D eigenvalue weighted by Crippen LogP contribution is 2.21. The van der Waals surface area contributed by atoms with Crippen LogP contribution in [0.5, 0.6) is 5.75 Å². The molecule has 0 fully saturated rings. The Labute approximate surface area is 167 Å². The molecule has 28 heavy (non-hydrogen) atoms. The summed E-state index contributed by atoms with van der Waals surface area (Å²) in [4.78, 5) is 12.5. The van der Waals surface area contributed by atoms with Crippen LogP contribution in [0.2, 0.25) is 0 Å². The van der Waals surface area contributed by atoms with E-state index in [9.17, 15) is 13.2 Å². The molecule has 0 spiro atoms. The third-order valence-electron chi connectivity index (χ3n) is 4.31. The summed E-state index contributed by atoms with van der Waals surface area (Å²) in [6.45, 7) is 6.09. The fourth-order valence-corrected chi connectivity index (χ4v) is 4.00. The maximum absolute atomic E-state index is 13.2. The number of ether oxygens (including phenoxy) is 1. The van der Waals surface area contributed by atoms with Crippen LogP contribution in [0.3, 0.4) is 0 Å². The lowest BCUT2D eigenvalue weighted by molar-refractivity contribution is -0.122. The molecule has 0 saturated carbocycles. The summed E-state index contributed by atoms with van der Waals surface area (Å²) in [6, 6.07) is 15.5. The van der Waals surface area contributed by atoms with E-state index in [0.717, 1.165) is 12.0 Å². The number of nitrogens with one attached hydrogen (secondary N) is 1. The molecule has 0 aromatic heterocycles. The molecule has 0 radical (unpaired) electrons. The van der Waals surface area contributed by atoms with E-state index in [0.29, 0.717) is 12.4 Å². The quantitative estimate of drug-likeness (QED) is 0.660. The first-order chi connectivity index (χ1) is 13.4. The maximum Gasteiger partial charge on any atom is 0.243 e. The molecule has 1 atom stereocenters. The van der Waals surface area contributed by atoms with Gasteiger partial charge in [-0.05, 0) is 50.1 Å². The number of sulfonamides is 1. The number of benzene rings is 2. The fraction of sp³-hybridized carbons (Fsp3) is 0.381. The summed E-state index contributed by atoms with van der Waals surface area (Å²) in [5.41, 5.74) is 0.813. The fourth-order valence-electron chi connectivity index (χ4n) is 2.62. The molecule has 1 amide bonds. The highest BCUT2D eigenvalue weighted by atomic mass is 32.2. The van der Waals surface area contributed by atoms with E-state index in [4.69, 9.17) is 4.74 Å². The van der Waals surface area contributed by atoms with Crippen molar-refractivity contribution < 1.29 is 17.9 Å². The smallest absolute Gasteiger partial charge is 0.243 e. The summed E-state index contributed by atoms with van der Waals surface area (Å²) in [5.74, 6) is 0.283. The first-order valence-electron chi connectivity index (χ1n) is 9.43. The number of carbonyl (C=O) groups is 1. The first-order valence-corrected chi connectivity index (χ1v) is 10.9. The van der Waals surface area contributed by atoms with Gasteiger partial charge in [0.15, 0.2) is 0 Å². The largest absolute Gasteiger partial charge is 0.494 e. The molecule has 2 aromatic rings. The lowest BCUT2D eigenvalue weighted by Gasteiger charge is -2.23. The molecule has 0 saturated heterocycles. The highest BCUT2D eigenvalue weighted by Gasteiger charge is 2.27. The topological polar surface area (TPSA) is 75.7 Å². The molecule has 1 N–H and O–H groups in total. The predicted molar refractivity (Wildman–Crippen MR) is 110 cm³/mol. The van der Waals surface area contributed by atoms with E-state index in [-0.39, 0.29) is 29.9 Å². The molecule has 7 heteroatoms. The van der Waals surface area contributed by atoms with E-state index >= 15 is 0 Å². The van der Waals surface area contributed by atoms with Crippen molar-refractivity contribution in [2.45, 2.75) is 44.7 Å². The van der Waals surface area contributed by atoms with Gasteiger partial charge in [0.1, 0.15) is 5.75 Å². The second-order valence-corrected chi connectivity index (χ2v) is 8.48. The van der Waals surface area contributed by atoms with Gasteiger partial charge in [-0.3, -0.25) is 4.79 Å². The van der Waals surface area contributed by atoms with E-state index in [1.807, 2.05) is 51.1 Å². The van der Waals surface area contributed by atoms with Crippen LogP contribution in [0.15, 0.2) is 59.5 Å². The number of nitrogens with zero attached hydrogens (tertiary/aromatic N) is 1. The second-order valence-electron chi connectivity index (χ2n) is 6.54. The number of hydrogen-bond donors (Lipinski definition) is 1. The van der Waals surface area contributed by atoms with Gasteiger partial charge in [-0.2, -0.15) is 4.31 Å². The van der Waals surface area contributed by atoms with Gasteiger partial charge in [-0.15, -0.1) is 0 Å². The van der Waals surface area contributed by atoms with Gasteiger partial charge >= 0.3 is 0 Å². The summed E-state index contributed by atoms with van der Waals surface area (Å²) >= 11 is 0. The Balaban J connectivity index is 2.28. The van der Waals surface area contributed by atoms with Gasteiger partial charge in [-0.25, -0.2) is 8.42 Å². The zero-order valence-corrected chi connectivity index (χ0v) is 17.4. The van der Waals surface area contributed by atoms with Crippen LogP contribution < -0.4 is 10.1 Å². The van der Waals surface area contributed by atoms with Gasteiger partial charge in [-0.1, -0.05) is 37.3 Å². The van der Waals surface area contributed by atoms with Crippen molar-refractivity contribution in [3.63, 3.8) is 0 Å². The minimum Gasteiger partial charge on any atom is -0.494 e. The highest BCUT2D eigenvalue weighted by molar-refractivity contribution is 7.89. The van der Waals surface area contributed by atoms with Gasteiger partial charge in [0, 0.05) is 12.6 Å². The summed E-state index contributed by atoms with van der Waals surface area (Å²) < 4.78 is 33.0. The lowest BCUT2D eigenvalue weighted by atomic mass is 10.2. The number of hydrogen-bond acceptors (Lipinski definition) is 4. The summed E-state index contributed by atoms with van der Waals surface area (Å²) in [7, 11) is -3.85. The van der Waals surface area contributed by atoms with Crippen molar-refractivity contribution in [3.8, 4) is 5.75 Å². The zero-order valence-electron chi connectivity index (χ0n) is 16.6. The molecule has 0 aliphatic carbocycles. The van der Waals surface area contributed by atoms with Gasteiger partial charge < -0.3 is 10.1 Å². The Bertz CT molecular complexity index is 852. The van der Waals surface area contributed by atoms with Crippen LogP contribution in [0.25, 0.3) is 0 Å². The van der Waals surface area contributed by atoms with Crippen molar-refractivity contribution in [3.05, 3.63) is 60.2 Å². The van der Waals surface area contributed by atoms with Gasteiger partial charge in [0.25, 0.3) is 0 Å². The minimum atomic E-state index is -3.85. The number of amides is 1. The Hall–Kier alpha value is -2.38. The van der Waals surface area contributed by atoms with Gasteiger partial charge in [0.2, 0.25) is 15.9 Å². The van der Waals surface area contributed by atoms with Crippen LogP contribution in [-0.2, 0) is 21.4 Å². The Morgan fingerprint density at radius 3 is 2.29 bits per heavy atom. The standard InChI is InChI=1S/C21H28N2O4S/c1-4-17(3)22-21(24)16-23(15-18-9-7-6-8-10-18)28(25,26)20-13-11-19(12-14-20)27-5-2/h6-14,17H,4-5,15-16H2,1-3H3,(H,22,24)/t17-/m1/s1. The Morgan fingerprint density at radius 2 is 1.71 bits per heavy atom. The van der Waals surface area contributed by atoms with E-state index in [2.05, 4.69) is 5.32 Å². The molecular formula is C21H28N2O4S. The van der Waals surface area contributed by atoms with Crippen molar-refractivity contribution in [1.29, 1.82) is 0 Å². The second kappa shape index (κ2) is 10.2. The van der Waals surface area contributed by atoms with Crippen molar-refractivity contribution in [2.75, 3.05) is 13.2 Å². The summed E-state index contributed by atoms with van der Waals surface area (Å²) in [5, 5.41) is 2.83. The average Bonchev–Trinajstić information content (AvgIpc) is 2.69. The third kappa shape index (κ3) is 6.07. The molecule has 0 heterocycles. The van der Waals surface area contributed by atoms with Crippen molar-refractivity contribution in [1.82, 2.24) is 9.62 Å². The third-order valence-corrected chi connectivity index (χ3v) is 6.12. The maximum atomic E-state index is 13.2. The zero-order chi connectivity index (χ0) is 20.6. The summed E-state index contributed by atoms with van der Waals surface area (Å²) in [6.07, 6.45) is 0.774. The average molecular weight is 405 g/mol.